The number of fused-ring (bicyclic) bond motifs is 1. The van der Waals surface area contributed by atoms with Gasteiger partial charge in [-0.1, -0.05) is 19.0 Å². The van der Waals surface area contributed by atoms with Gasteiger partial charge in [0.2, 0.25) is 15.9 Å². The second kappa shape index (κ2) is 6.18. The van der Waals surface area contributed by atoms with Gasteiger partial charge in [0.25, 0.3) is 0 Å². The van der Waals surface area contributed by atoms with Crippen LogP contribution in [0.3, 0.4) is 0 Å². The Labute approximate surface area is 141 Å². The van der Waals surface area contributed by atoms with E-state index in [0.29, 0.717) is 18.4 Å². The SMILES string of the molecule is CC(C)Cc1noc(CN2c3ccc(S(N)(=O)=O)cc3C[C@H]2C)n1. The van der Waals surface area contributed by atoms with Crippen LogP contribution in [-0.2, 0) is 29.4 Å². The Balaban J connectivity index is 1.82. The van der Waals surface area contributed by atoms with Crippen LogP contribution in [0, 0.1) is 5.92 Å². The molecule has 1 aromatic heterocycles. The predicted molar refractivity (Wildman–Crippen MR) is 90.0 cm³/mol. The first kappa shape index (κ1) is 16.9. The smallest absolute Gasteiger partial charge is 0.246 e. The van der Waals surface area contributed by atoms with E-state index in [2.05, 4.69) is 35.8 Å². The molecule has 0 fully saturated rings. The average Bonchev–Trinajstić information content (AvgIpc) is 3.02. The van der Waals surface area contributed by atoms with Gasteiger partial charge in [-0.2, -0.15) is 4.98 Å². The van der Waals surface area contributed by atoms with Gasteiger partial charge in [-0.15, -0.1) is 0 Å². The standard InChI is InChI=1S/C16H22N4O3S/c1-10(2)6-15-18-16(23-19-15)9-20-11(3)7-12-8-13(24(17,21)22)4-5-14(12)20/h4-5,8,10-11H,6-7,9H2,1-3H3,(H2,17,21,22)/t11-/m1/s1. The van der Waals surface area contributed by atoms with Crippen LogP contribution in [0.1, 0.15) is 38.0 Å². The zero-order chi connectivity index (χ0) is 17.5. The number of hydrogen-bond donors (Lipinski definition) is 1. The first-order valence-corrected chi connectivity index (χ1v) is 9.52. The molecule has 2 heterocycles. The number of benzene rings is 1. The molecule has 0 bridgehead atoms. The Kier molecular flexibility index (Phi) is 4.35. The molecule has 0 spiro atoms. The van der Waals surface area contributed by atoms with E-state index in [4.69, 9.17) is 9.66 Å². The van der Waals surface area contributed by atoms with Crippen molar-refractivity contribution in [1.82, 2.24) is 10.1 Å². The zero-order valence-electron chi connectivity index (χ0n) is 14.1. The highest BCUT2D eigenvalue weighted by Crippen LogP contribution is 2.34. The first-order valence-electron chi connectivity index (χ1n) is 7.98. The molecule has 1 atom stereocenters. The van der Waals surface area contributed by atoms with E-state index in [-0.39, 0.29) is 10.9 Å². The lowest BCUT2D eigenvalue weighted by Crippen LogP contribution is -2.28. The van der Waals surface area contributed by atoms with Gasteiger partial charge in [0.1, 0.15) is 0 Å². The van der Waals surface area contributed by atoms with Gasteiger partial charge in [0.05, 0.1) is 11.4 Å². The van der Waals surface area contributed by atoms with Crippen LogP contribution in [0.15, 0.2) is 27.6 Å². The molecule has 1 aliphatic rings. The van der Waals surface area contributed by atoms with Crippen molar-refractivity contribution in [1.29, 1.82) is 0 Å². The quantitative estimate of drug-likeness (QED) is 0.883. The molecule has 1 aromatic carbocycles. The molecule has 3 rings (SSSR count). The van der Waals surface area contributed by atoms with Crippen molar-refractivity contribution >= 4 is 15.7 Å². The second-order valence-electron chi connectivity index (χ2n) is 6.72. The lowest BCUT2D eigenvalue weighted by molar-refractivity contribution is 0.366. The highest BCUT2D eigenvalue weighted by atomic mass is 32.2. The maximum absolute atomic E-state index is 11.5. The van der Waals surface area contributed by atoms with Crippen LogP contribution in [0.4, 0.5) is 5.69 Å². The van der Waals surface area contributed by atoms with Crippen LogP contribution in [0.2, 0.25) is 0 Å². The number of primary sulfonamides is 1. The molecule has 0 saturated carbocycles. The van der Waals surface area contributed by atoms with Gasteiger partial charge in [-0.25, -0.2) is 13.6 Å². The fraction of sp³-hybridized carbons (Fsp3) is 0.500. The van der Waals surface area contributed by atoms with E-state index in [1.54, 1.807) is 12.1 Å². The molecule has 1 aliphatic heterocycles. The molecule has 0 saturated heterocycles. The highest BCUT2D eigenvalue weighted by molar-refractivity contribution is 7.89. The summed E-state index contributed by atoms with van der Waals surface area (Å²) in [7, 11) is -3.69. The van der Waals surface area contributed by atoms with Crippen LogP contribution < -0.4 is 10.0 Å². The Bertz CT molecular complexity index is 845. The zero-order valence-corrected chi connectivity index (χ0v) is 14.9. The normalized spacial score (nSPS) is 17.5. The molecule has 130 valence electrons. The van der Waals surface area contributed by atoms with Crippen molar-refractivity contribution in [2.75, 3.05) is 4.90 Å². The minimum atomic E-state index is -3.69. The molecular formula is C16H22N4O3S. The fourth-order valence-corrected chi connectivity index (χ4v) is 3.60. The number of rotatable bonds is 5. The monoisotopic (exact) mass is 350 g/mol. The van der Waals surface area contributed by atoms with Crippen LogP contribution in [0.25, 0.3) is 0 Å². The van der Waals surface area contributed by atoms with Crippen LogP contribution >= 0.6 is 0 Å². The van der Waals surface area contributed by atoms with Crippen molar-refractivity contribution in [3.63, 3.8) is 0 Å². The summed E-state index contributed by atoms with van der Waals surface area (Å²) in [5.41, 5.74) is 1.95. The summed E-state index contributed by atoms with van der Waals surface area (Å²) < 4.78 is 28.4. The van der Waals surface area contributed by atoms with Crippen LogP contribution in [-0.4, -0.2) is 24.6 Å². The molecule has 0 unspecified atom stereocenters. The van der Waals surface area contributed by atoms with Gasteiger partial charge in [0, 0.05) is 18.2 Å². The Morgan fingerprint density at radius 3 is 2.83 bits per heavy atom. The van der Waals surface area contributed by atoms with E-state index in [1.807, 2.05) is 0 Å². The Morgan fingerprint density at radius 1 is 1.42 bits per heavy atom. The van der Waals surface area contributed by atoms with Crippen molar-refractivity contribution in [3.8, 4) is 0 Å². The second-order valence-corrected chi connectivity index (χ2v) is 8.28. The molecule has 7 nitrogen and oxygen atoms in total. The number of hydrogen-bond acceptors (Lipinski definition) is 6. The third-order valence-corrected chi connectivity index (χ3v) is 5.05. The number of sulfonamides is 1. The van der Waals surface area contributed by atoms with Gasteiger partial charge in [-0.05, 0) is 43.0 Å². The molecule has 24 heavy (non-hydrogen) atoms. The summed E-state index contributed by atoms with van der Waals surface area (Å²) in [6.45, 7) is 6.81. The van der Waals surface area contributed by atoms with Crippen molar-refractivity contribution in [3.05, 3.63) is 35.5 Å². The summed E-state index contributed by atoms with van der Waals surface area (Å²) in [5.74, 6) is 1.76. The van der Waals surface area contributed by atoms with Gasteiger partial charge >= 0.3 is 0 Å². The first-order chi connectivity index (χ1) is 11.2. The van der Waals surface area contributed by atoms with E-state index >= 15 is 0 Å². The average molecular weight is 350 g/mol. The Morgan fingerprint density at radius 2 is 2.17 bits per heavy atom. The topological polar surface area (TPSA) is 102 Å². The summed E-state index contributed by atoms with van der Waals surface area (Å²) in [6.07, 6.45) is 1.54. The maximum atomic E-state index is 11.5. The predicted octanol–water partition coefficient (Wildman–Crippen LogP) is 1.87. The minimum absolute atomic E-state index is 0.146. The summed E-state index contributed by atoms with van der Waals surface area (Å²) >= 11 is 0. The molecule has 0 radical (unpaired) electrons. The molecule has 2 aromatic rings. The molecular weight excluding hydrogens is 328 g/mol. The third kappa shape index (κ3) is 3.44. The van der Waals surface area contributed by atoms with E-state index in [9.17, 15) is 8.42 Å². The lowest BCUT2D eigenvalue weighted by Gasteiger charge is -2.22. The Hall–Kier alpha value is -1.93. The van der Waals surface area contributed by atoms with Crippen LogP contribution in [0.5, 0.6) is 0 Å². The van der Waals surface area contributed by atoms with Crippen molar-refractivity contribution in [2.24, 2.45) is 11.1 Å². The number of aromatic nitrogens is 2. The summed E-state index contributed by atoms with van der Waals surface area (Å²) in [4.78, 5) is 6.74. The van der Waals surface area contributed by atoms with E-state index in [0.717, 1.165) is 29.9 Å². The third-order valence-electron chi connectivity index (χ3n) is 4.14. The lowest BCUT2D eigenvalue weighted by atomic mass is 10.1. The minimum Gasteiger partial charge on any atom is -0.359 e. The molecule has 0 aliphatic carbocycles. The summed E-state index contributed by atoms with van der Waals surface area (Å²) in [5, 5.41) is 9.23. The van der Waals surface area contributed by atoms with Crippen molar-refractivity contribution < 1.29 is 12.9 Å². The van der Waals surface area contributed by atoms with E-state index < -0.39 is 10.0 Å². The van der Waals surface area contributed by atoms with E-state index in [1.165, 1.54) is 6.07 Å². The molecule has 8 heteroatoms. The van der Waals surface area contributed by atoms with Crippen molar-refractivity contribution in [2.45, 2.75) is 51.1 Å². The van der Waals surface area contributed by atoms with Gasteiger partial charge < -0.3 is 9.42 Å². The molecule has 2 N–H and O–H groups in total. The number of anilines is 1. The number of nitrogens with two attached hydrogens (primary N) is 1. The summed E-state index contributed by atoms with van der Waals surface area (Å²) in [6, 6.07) is 5.21. The molecule has 0 amide bonds. The van der Waals surface area contributed by atoms with Gasteiger partial charge in [0.15, 0.2) is 5.82 Å². The van der Waals surface area contributed by atoms with Gasteiger partial charge in [-0.3, -0.25) is 0 Å². The number of nitrogens with zero attached hydrogens (tertiary/aromatic N) is 3. The fourth-order valence-electron chi connectivity index (χ4n) is 3.04. The highest BCUT2D eigenvalue weighted by Gasteiger charge is 2.28. The largest absolute Gasteiger partial charge is 0.359 e. The maximum Gasteiger partial charge on any atom is 0.246 e.